The van der Waals surface area contributed by atoms with E-state index in [0.29, 0.717) is 0 Å². The molecule has 0 heterocycles. The normalized spacial score (nSPS) is 11.9. The van der Waals surface area contributed by atoms with Gasteiger partial charge in [0.1, 0.15) is 5.82 Å². The van der Waals surface area contributed by atoms with Crippen molar-refractivity contribution in [2.45, 2.75) is 13.0 Å². The Kier molecular flexibility index (Phi) is 3.80. The lowest BCUT2D eigenvalue weighted by atomic mass is 10.1. The summed E-state index contributed by atoms with van der Waals surface area (Å²) in [6.45, 7) is 1.93. The number of carboxylic acids is 1. The van der Waals surface area contributed by atoms with E-state index in [0.717, 1.165) is 11.3 Å². The van der Waals surface area contributed by atoms with E-state index < -0.39 is 5.97 Å². The highest BCUT2D eigenvalue weighted by atomic mass is 19.1. The Morgan fingerprint density at radius 1 is 1.21 bits per heavy atom. The Morgan fingerprint density at radius 2 is 1.89 bits per heavy atom. The average molecular weight is 259 g/mol. The molecule has 2 N–H and O–H groups in total. The molecule has 0 saturated carbocycles. The fourth-order valence-corrected chi connectivity index (χ4v) is 1.83. The molecule has 0 fully saturated rings. The van der Waals surface area contributed by atoms with Crippen LogP contribution >= 0.6 is 0 Å². The van der Waals surface area contributed by atoms with Gasteiger partial charge in [0.25, 0.3) is 0 Å². The highest BCUT2D eigenvalue weighted by Gasteiger charge is 2.07. The number of nitrogens with one attached hydrogen (secondary N) is 1. The molecule has 0 amide bonds. The van der Waals surface area contributed by atoms with Crippen LogP contribution in [0.5, 0.6) is 0 Å². The van der Waals surface area contributed by atoms with Crippen LogP contribution in [0.1, 0.15) is 28.9 Å². The molecular formula is C15H14FNO2. The SMILES string of the molecule is CC(Nc1cccc(C(=O)O)c1)c1ccc(F)cc1. The molecular weight excluding hydrogens is 245 g/mol. The lowest BCUT2D eigenvalue weighted by molar-refractivity contribution is 0.0697. The minimum atomic E-state index is -0.960. The van der Waals surface area contributed by atoms with Crippen molar-refractivity contribution in [1.29, 1.82) is 0 Å². The van der Waals surface area contributed by atoms with Gasteiger partial charge in [-0.15, -0.1) is 0 Å². The molecule has 0 aliphatic carbocycles. The van der Waals surface area contributed by atoms with Gasteiger partial charge >= 0.3 is 5.97 Å². The molecule has 0 bridgehead atoms. The lowest BCUT2D eigenvalue weighted by Gasteiger charge is -2.16. The van der Waals surface area contributed by atoms with Crippen molar-refractivity contribution < 1.29 is 14.3 Å². The van der Waals surface area contributed by atoms with Crippen LogP contribution in [0.15, 0.2) is 48.5 Å². The maximum Gasteiger partial charge on any atom is 0.335 e. The fourth-order valence-electron chi connectivity index (χ4n) is 1.83. The number of aromatic carboxylic acids is 1. The zero-order valence-corrected chi connectivity index (χ0v) is 10.4. The Morgan fingerprint density at radius 3 is 2.53 bits per heavy atom. The number of hydrogen-bond acceptors (Lipinski definition) is 2. The van der Waals surface area contributed by atoms with Crippen molar-refractivity contribution in [1.82, 2.24) is 0 Å². The Hall–Kier alpha value is -2.36. The molecule has 4 heteroatoms. The molecule has 2 rings (SSSR count). The molecule has 0 radical (unpaired) electrons. The Balaban J connectivity index is 2.14. The van der Waals surface area contributed by atoms with E-state index in [-0.39, 0.29) is 17.4 Å². The molecule has 2 aromatic carbocycles. The molecule has 98 valence electrons. The Bertz CT molecular complexity index is 581. The highest BCUT2D eigenvalue weighted by Crippen LogP contribution is 2.20. The second kappa shape index (κ2) is 5.52. The van der Waals surface area contributed by atoms with E-state index in [9.17, 15) is 9.18 Å². The van der Waals surface area contributed by atoms with Crippen molar-refractivity contribution in [3.8, 4) is 0 Å². The van der Waals surface area contributed by atoms with E-state index in [2.05, 4.69) is 5.32 Å². The van der Waals surface area contributed by atoms with Crippen LogP contribution in [-0.4, -0.2) is 11.1 Å². The maximum atomic E-state index is 12.8. The van der Waals surface area contributed by atoms with Crippen LogP contribution in [-0.2, 0) is 0 Å². The van der Waals surface area contributed by atoms with Crippen molar-refractivity contribution in [2.75, 3.05) is 5.32 Å². The van der Waals surface area contributed by atoms with Crippen LogP contribution in [0.3, 0.4) is 0 Å². The first-order chi connectivity index (χ1) is 9.06. The molecule has 3 nitrogen and oxygen atoms in total. The molecule has 0 aromatic heterocycles. The van der Waals surface area contributed by atoms with E-state index >= 15 is 0 Å². The van der Waals surface area contributed by atoms with Gasteiger partial charge in [-0.05, 0) is 42.8 Å². The molecule has 0 aliphatic heterocycles. The molecule has 1 unspecified atom stereocenters. The van der Waals surface area contributed by atoms with Crippen LogP contribution in [0, 0.1) is 5.82 Å². The summed E-state index contributed by atoms with van der Waals surface area (Å²) in [7, 11) is 0. The van der Waals surface area contributed by atoms with Gasteiger partial charge in [0.15, 0.2) is 0 Å². The van der Waals surface area contributed by atoms with Gasteiger partial charge in [0.2, 0.25) is 0 Å². The molecule has 1 atom stereocenters. The maximum absolute atomic E-state index is 12.8. The summed E-state index contributed by atoms with van der Waals surface area (Å²) in [4.78, 5) is 10.9. The lowest BCUT2D eigenvalue weighted by Crippen LogP contribution is -2.07. The van der Waals surface area contributed by atoms with Crippen LogP contribution in [0.2, 0.25) is 0 Å². The van der Waals surface area contributed by atoms with Crippen LogP contribution in [0.4, 0.5) is 10.1 Å². The summed E-state index contributed by atoms with van der Waals surface area (Å²) in [5.74, 6) is -1.23. The first-order valence-corrected chi connectivity index (χ1v) is 5.91. The van der Waals surface area contributed by atoms with Gasteiger partial charge in [0.05, 0.1) is 5.56 Å². The number of benzene rings is 2. The fraction of sp³-hybridized carbons (Fsp3) is 0.133. The standard InChI is InChI=1S/C15H14FNO2/c1-10(11-5-7-13(16)8-6-11)17-14-4-2-3-12(9-14)15(18)19/h2-10,17H,1H3,(H,18,19). The first kappa shape index (κ1) is 13.1. The summed E-state index contributed by atoms with van der Waals surface area (Å²) < 4.78 is 12.8. The second-order valence-corrected chi connectivity index (χ2v) is 4.30. The number of hydrogen-bond donors (Lipinski definition) is 2. The predicted molar refractivity (Wildman–Crippen MR) is 71.8 cm³/mol. The van der Waals surface area contributed by atoms with E-state index in [1.807, 2.05) is 6.92 Å². The van der Waals surface area contributed by atoms with Crippen LogP contribution < -0.4 is 5.32 Å². The number of rotatable bonds is 4. The third-order valence-corrected chi connectivity index (χ3v) is 2.86. The van der Waals surface area contributed by atoms with E-state index in [4.69, 9.17) is 5.11 Å². The largest absolute Gasteiger partial charge is 0.478 e. The van der Waals surface area contributed by atoms with Crippen LogP contribution in [0.25, 0.3) is 0 Å². The van der Waals surface area contributed by atoms with Gasteiger partial charge in [-0.3, -0.25) is 0 Å². The quantitative estimate of drug-likeness (QED) is 0.880. The topological polar surface area (TPSA) is 49.3 Å². The molecule has 19 heavy (non-hydrogen) atoms. The van der Waals surface area contributed by atoms with Crippen molar-refractivity contribution >= 4 is 11.7 Å². The van der Waals surface area contributed by atoms with Gasteiger partial charge in [-0.25, -0.2) is 9.18 Å². The first-order valence-electron chi connectivity index (χ1n) is 5.91. The summed E-state index contributed by atoms with van der Waals surface area (Å²) in [6, 6.07) is 12.8. The van der Waals surface area contributed by atoms with Gasteiger partial charge in [-0.1, -0.05) is 18.2 Å². The average Bonchev–Trinajstić information content (AvgIpc) is 2.39. The zero-order valence-electron chi connectivity index (χ0n) is 10.4. The van der Waals surface area contributed by atoms with Gasteiger partial charge in [0, 0.05) is 11.7 Å². The molecule has 0 saturated heterocycles. The number of halogens is 1. The highest BCUT2D eigenvalue weighted by molar-refractivity contribution is 5.88. The molecule has 2 aromatic rings. The van der Waals surface area contributed by atoms with E-state index in [1.165, 1.54) is 18.2 Å². The third kappa shape index (κ3) is 3.31. The minimum Gasteiger partial charge on any atom is -0.478 e. The summed E-state index contributed by atoms with van der Waals surface area (Å²) in [5.41, 5.74) is 1.88. The van der Waals surface area contributed by atoms with E-state index in [1.54, 1.807) is 30.3 Å². The minimum absolute atomic E-state index is 0.0374. The smallest absolute Gasteiger partial charge is 0.335 e. The monoisotopic (exact) mass is 259 g/mol. The zero-order chi connectivity index (χ0) is 13.8. The van der Waals surface area contributed by atoms with Crippen molar-refractivity contribution in [3.63, 3.8) is 0 Å². The summed E-state index contributed by atoms with van der Waals surface area (Å²) >= 11 is 0. The summed E-state index contributed by atoms with van der Waals surface area (Å²) in [6.07, 6.45) is 0. The van der Waals surface area contributed by atoms with Gasteiger partial charge in [-0.2, -0.15) is 0 Å². The number of carbonyl (C=O) groups is 1. The molecule has 0 spiro atoms. The Labute approximate surface area is 110 Å². The molecule has 0 aliphatic rings. The van der Waals surface area contributed by atoms with Crippen molar-refractivity contribution in [2.24, 2.45) is 0 Å². The second-order valence-electron chi connectivity index (χ2n) is 4.30. The third-order valence-electron chi connectivity index (χ3n) is 2.86. The van der Waals surface area contributed by atoms with Gasteiger partial charge < -0.3 is 10.4 Å². The number of anilines is 1. The number of carboxylic acid groups (broad SMARTS) is 1. The predicted octanol–water partition coefficient (Wildman–Crippen LogP) is 3.70. The van der Waals surface area contributed by atoms with Crippen molar-refractivity contribution in [3.05, 3.63) is 65.5 Å². The summed E-state index contributed by atoms with van der Waals surface area (Å²) in [5, 5.41) is 12.1.